The lowest BCUT2D eigenvalue weighted by Gasteiger charge is -2.38. The summed E-state index contributed by atoms with van der Waals surface area (Å²) in [6.07, 6.45) is 1.04. The van der Waals surface area contributed by atoms with Crippen molar-refractivity contribution < 1.29 is 14.3 Å². The van der Waals surface area contributed by atoms with E-state index in [-0.39, 0.29) is 12.1 Å². The molecule has 1 aromatic carbocycles. The first-order valence-corrected chi connectivity index (χ1v) is 8.53. The third-order valence-corrected chi connectivity index (χ3v) is 5.75. The molecule has 1 saturated carbocycles. The summed E-state index contributed by atoms with van der Waals surface area (Å²) in [4.78, 5) is 14.8. The van der Waals surface area contributed by atoms with Gasteiger partial charge in [-0.2, -0.15) is 0 Å². The van der Waals surface area contributed by atoms with E-state index in [2.05, 4.69) is 25.8 Å². The predicted octanol–water partition coefficient (Wildman–Crippen LogP) is 3.07. The molecule has 4 heteroatoms. The van der Waals surface area contributed by atoms with Crippen LogP contribution in [0.1, 0.15) is 30.6 Å². The Balaban J connectivity index is 1.67. The van der Waals surface area contributed by atoms with Crippen LogP contribution in [0.4, 0.5) is 0 Å². The average molecular weight is 317 g/mol. The van der Waals surface area contributed by atoms with E-state index in [1.54, 1.807) is 31.4 Å². The highest BCUT2D eigenvalue weighted by atomic mass is 16.5. The minimum Gasteiger partial charge on any atom is -0.497 e. The standard InChI is InChI=1S/C19H27NO3/c1-12-10-20(3)11-17-13(2)18(9-16(12)17)23-19(21)14-5-7-15(22-4)8-6-14/h5-8,12-13,16-18H,9-11H2,1-4H3/t12-,13-,16-,17-,18+/m0/s1. The zero-order valence-electron chi connectivity index (χ0n) is 14.5. The molecule has 0 bridgehead atoms. The van der Waals surface area contributed by atoms with Crippen molar-refractivity contribution in [3.05, 3.63) is 29.8 Å². The minimum atomic E-state index is -0.218. The van der Waals surface area contributed by atoms with Gasteiger partial charge in [-0.1, -0.05) is 13.8 Å². The molecule has 23 heavy (non-hydrogen) atoms. The number of esters is 1. The molecule has 1 aliphatic carbocycles. The van der Waals surface area contributed by atoms with Crippen molar-refractivity contribution in [2.45, 2.75) is 26.4 Å². The number of methoxy groups -OCH3 is 1. The fourth-order valence-electron chi connectivity index (χ4n) is 4.43. The SMILES string of the molecule is COc1ccc(C(=O)O[C@@H]2C[C@@H]3[C@@H](CN(C)C[C@@H]3C)[C@@H]2C)cc1. The van der Waals surface area contributed by atoms with E-state index in [4.69, 9.17) is 9.47 Å². The molecule has 0 spiro atoms. The summed E-state index contributed by atoms with van der Waals surface area (Å²) < 4.78 is 11.0. The Morgan fingerprint density at radius 1 is 1.13 bits per heavy atom. The van der Waals surface area contributed by atoms with Crippen LogP contribution in [0.5, 0.6) is 5.75 Å². The predicted molar refractivity (Wildman–Crippen MR) is 89.6 cm³/mol. The van der Waals surface area contributed by atoms with Crippen molar-refractivity contribution in [2.75, 3.05) is 27.2 Å². The van der Waals surface area contributed by atoms with Gasteiger partial charge in [-0.25, -0.2) is 4.79 Å². The molecule has 5 atom stereocenters. The third kappa shape index (κ3) is 3.23. The van der Waals surface area contributed by atoms with Gasteiger partial charge in [0.2, 0.25) is 0 Å². The molecule has 0 N–H and O–H groups in total. The second-order valence-electron chi connectivity index (χ2n) is 7.29. The molecule has 2 fully saturated rings. The van der Waals surface area contributed by atoms with Crippen LogP contribution in [0.2, 0.25) is 0 Å². The fourth-order valence-corrected chi connectivity index (χ4v) is 4.43. The number of fused-ring (bicyclic) bond motifs is 1. The van der Waals surface area contributed by atoms with Crippen LogP contribution >= 0.6 is 0 Å². The topological polar surface area (TPSA) is 38.8 Å². The smallest absolute Gasteiger partial charge is 0.338 e. The molecule has 1 saturated heterocycles. The summed E-state index contributed by atoms with van der Waals surface area (Å²) >= 11 is 0. The maximum atomic E-state index is 12.4. The molecule has 1 heterocycles. The number of piperidine rings is 1. The normalized spacial score (nSPS) is 34.0. The van der Waals surface area contributed by atoms with Crippen LogP contribution in [0.3, 0.4) is 0 Å². The Labute approximate surface area is 138 Å². The summed E-state index contributed by atoms with van der Waals surface area (Å²) in [5, 5.41) is 0. The lowest BCUT2D eigenvalue weighted by Crippen LogP contribution is -2.42. The zero-order valence-corrected chi connectivity index (χ0v) is 14.5. The average Bonchev–Trinajstić information content (AvgIpc) is 2.84. The van der Waals surface area contributed by atoms with Gasteiger partial charge in [0.1, 0.15) is 11.9 Å². The van der Waals surface area contributed by atoms with Gasteiger partial charge in [0, 0.05) is 13.1 Å². The van der Waals surface area contributed by atoms with Crippen molar-refractivity contribution in [3.8, 4) is 5.75 Å². The van der Waals surface area contributed by atoms with Crippen LogP contribution in [0, 0.1) is 23.7 Å². The van der Waals surface area contributed by atoms with Gasteiger partial charge in [-0.05, 0) is 61.4 Å². The van der Waals surface area contributed by atoms with Gasteiger partial charge in [-0.15, -0.1) is 0 Å². The summed E-state index contributed by atoms with van der Waals surface area (Å²) in [5.41, 5.74) is 0.595. The molecule has 1 aliphatic heterocycles. The molecule has 0 amide bonds. The Morgan fingerprint density at radius 2 is 1.83 bits per heavy atom. The number of likely N-dealkylation sites (tertiary alicyclic amines) is 1. The first kappa shape index (κ1) is 16.3. The molecular weight excluding hydrogens is 290 g/mol. The van der Waals surface area contributed by atoms with Crippen molar-refractivity contribution in [1.82, 2.24) is 4.90 Å². The number of ether oxygens (including phenoxy) is 2. The molecule has 3 rings (SSSR count). The van der Waals surface area contributed by atoms with Crippen LogP contribution in [-0.2, 0) is 4.74 Å². The second-order valence-corrected chi connectivity index (χ2v) is 7.29. The molecule has 4 nitrogen and oxygen atoms in total. The fraction of sp³-hybridized carbons (Fsp3) is 0.632. The highest BCUT2D eigenvalue weighted by Gasteiger charge is 2.47. The van der Waals surface area contributed by atoms with Gasteiger partial charge in [0.15, 0.2) is 0 Å². The van der Waals surface area contributed by atoms with Gasteiger partial charge in [0.25, 0.3) is 0 Å². The Morgan fingerprint density at radius 3 is 2.48 bits per heavy atom. The van der Waals surface area contributed by atoms with E-state index in [1.807, 2.05) is 0 Å². The van der Waals surface area contributed by atoms with E-state index in [0.29, 0.717) is 29.2 Å². The molecule has 2 aliphatic rings. The quantitative estimate of drug-likeness (QED) is 0.803. The molecule has 1 aromatic rings. The molecular formula is C19H27NO3. The number of benzene rings is 1. The number of rotatable bonds is 3. The lowest BCUT2D eigenvalue weighted by atomic mass is 9.79. The first-order chi connectivity index (χ1) is 11.0. The zero-order chi connectivity index (χ0) is 16.6. The Kier molecular flexibility index (Phi) is 4.62. The highest BCUT2D eigenvalue weighted by Crippen LogP contribution is 2.45. The maximum Gasteiger partial charge on any atom is 0.338 e. The maximum absolute atomic E-state index is 12.4. The summed E-state index contributed by atoms with van der Waals surface area (Å²) in [7, 11) is 3.81. The monoisotopic (exact) mass is 317 g/mol. The Bertz CT molecular complexity index is 556. The van der Waals surface area contributed by atoms with Crippen molar-refractivity contribution in [3.63, 3.8) is 0 Å². The van der Waals surface area contributed by atoms with E-state index < -0.39 is 0 Å². The van der Waals surface area contributed by atoms with Crippen molar-refractivity contribution >= 4 is 5.97 Å². The van der Waals surface area contributed by atoms with Gasteiger partial charge >= 0.3 is 5.97 Å². The second kappa shape index (κ2) is 6.52. The first-order valence-electron chi connectivity index (χ1n) is 8.53. The largest absolute Gasteiger partial charge is 0.497 e. The summed E-state index contributed by atoms with van der Waals surface area (Å²) in [6, 6.07) is 7.13. The van der Waals surface area contributed by atoms with E-state index in [1.165, 1.54) is 0 Å². The van der Waals surface area contributed by atoms with E-state index in [0.717, 1.165) is 25.3 Å². The van der Waals surface area contributed by atoms with Crippen LogP contribution < -0.4 is 4.74 Å². The summed E-state index contributed by atoms with van der Waals surface area (Å²) in [5.74, 6) is 2.94. The van der Waals surface area contributed by atoms with Crippen LogP contribution in [-0.4, -0.2) is 44.2 Å². The summed E-state index contributed by atoms with van der Waals surface area (Å²) in [6.45, 7) is 6.83. The molecule has 0 aromatic heterocycles. The van der Waals surface area contributed by atoms with Crippen molar-refractivity contribution in [2.24, 2.45) is 23.7 Å². The van der Waals surface area contributed by atoms with Crippen LogP contribution in [0.25, 0.3) is 0 Å². The van der Waals surface area contributed by atoms with Crippen molar-refractivity contribution in [1.29, 1.82) is 0 Å². The molecule has 0 radical (unpaired) electrons. The number of carbonyl (C=O) groups excluding carboxylic acids is 1. The van der Waals surface area contributed by atoms with E-state index >= 15 is 0 Å². The number of nitrogens with zero attached hydrogens (tertiary/aromatic N) is 1. The molecule has 126 valence electrons. The third-order valence-electron chi connectivity index (χ3n) is 5.75. The minimum absolute atomic E-state index is 0.0357. The van der Waals surface area contributed by atoms with Gasteiger partial charge < -0.3 is 14.4 Å². The molecule has 0 unspecified atom stereocenters. The Hall–Kier alpha value is -1.55. The van der Waals surface area contributed by atoms with Gasteiger partial charge in [0.05, 0.1) is 12.7 Å². The highest BCUT2D eigenvalue weighted by molar-refractivity contribution is 5.89. The van der Waals surface area contributed by atoms with E-state index in [9.17, 15) is 4.79 Å². The van der Waals surface area contributed by atoms with Crippen LogP contribution in [0.15, 0.2) is 24.3 Å². The number of hydrogen-bond donors (Lipinski definition) is 0. The van der Waals surface area contributed by atoms with Gasteiger partial charge in [-0.3, -0.25) is 0 Å². The number of carbonyl (C=O) groups is 1. The lowest BCUT2D eigenvalue weighted by molar-refractivity contribution is 0.0190. The number of hydrogen-bond acceptors (Lipinski definition) is 4.